The smallest absolute Gasteiger partial charge is 0.136 e. The number of carbonyl (C=O) groups excluding carboxylic acids is 1. The Bertz CT molecular complexity index is 327. The van der Waals surface area contributed by atoms with E-state index in [0.717, 1.165) is 25.7 Å². The zero-order chi connectivity index (χ0) is 9.97. The summed E-state index contributed by atoms with van der Waals surface area (Å²) in [7, 11) is 0. The van der Waals surface area contributed by atoms with E-state index < -0.39 is 0 Å². The second-order valence-corrected chi connectivity index (χ2v) is 5.50. The molecule has 0 saturated heterocycles. The van der Waals surface area contributed by atoms with Crippen molar-refractivity contribution in [1.29, 1.82) is 0 Å². The Balaban J connectivity index is 1.99. The van der Waals surface area contributed by atoms with E-state index in [0.29, 0.717) is 11.7 Å². The molecule has 0 aliphatic heterocycles. The summed E-state index contributed by atoms with van der Waals surface area (Å²) in [5.74, 6) is 0.809. The summed E-state index contributed by atoms with van der Waals surface area (Å²) in [4.78, 5) is 14.3. The molecule has 1 aliphatic carbocycles. The summed E-state index contributed by atoms with van der Waals surface area (Å²) >= 11 is 1.83. The van der Waals surface area contributed by atoms with E-state index in [9.17, 15) is 4.79 Å². The molecule has 76 valence electrons. The molecule has 2 rings (SSSR count). The molecule has 0 radical (unpaired) electrons. The Hall–Kier alpha value is -0.630. The third-order valence-electron chi connectivity index (χ3n) is 2.92. The average molecular weight is 208 g/mol. The zero-order valence-corrected chi connectivity index (χ0v) is 9.40. The highest BCUT2D eigenvalue weighted by atomic mass is 32.1. The standard InChI is InChI=1S/C12H16OS/c1-9-6-7-11(14-9)8-10-4-2-3-5-12(10)13/h6-7,10H,2-5,8H2,1H3. The molecule has 0 aromatic carbocycles. The molecule has 0 amide bonds. The lowest BCUT2D eigenvalue weighted by Crippen LogP contribution is -2.20. The molecule has 0 N–H and O–H groups in total. The Morgan fingerprint density at radius 1 is 1.43 bits per heavy atom. The summed E-state index contributed by atoms with van der Waals surface area (Å²) in [5, 5.41) is 0. The van der Waals surface area contributed by atoms with E-state index in [1.54, 1.807) is 0 Å². The molecule has 1 fully saturated rings. The molecule has 1 saturated carbocycles. The van der Waals surface area contributed by atoms with Crippen molar-refractivity contribution >= 4 is 17.1 Å². The molecule has 0 bridgehead atoms. The van der Waals surface area contributed by atoms with Gasteiger partial charge in [0.1, 0.15) is 5.78 Å². The normalized spacial score (nSPS) is 22.6. The Morgan fingerprint density at radius 3 is 2.93 bits per heavy atom. The fourth-order valence-corrected chi connectivity index (χ4v) is 3.08. The summed E-state index contributed by atoms with van der Waals surface area (Å²) in [6, 6.07) is 4.31. The van der Waals surface area contributed by atoms with E-state index >= 15 is 0 Å². The third-order valence-corrected chi connectivity index (χ3v) is 3.95. The summed E-state index contributed by atoms with van der Waals surface area (Å²) in [5.41, 5.74) is 0. The van der Waals surface area contributed by atoms with E-state index in [4.69, 9.17) is 0 Å². The van der Waals surface area contributed by atoms with Crippen molar-refractivity contribution in [2.24, 2.45) is 5.92 Å². The van der Waals surface area contributed by atoms with Gasteiger partial charge in [-0.2, -0.15) is 0 Å². The number of Topliss-reactive ketones (excluding diaryl/α,β-unsaturated/α-hetero) is 1. The van der Waals surface area contributed by atoms with Gasteiger partial charge in [-0.05, 0) is 38.3 Å². The zero-order valence-electron chi connectivity index (χ0n) is 8.58. The van der Waals surface area contributed by atoms with E-state index in [1.807, 2.05) is 11.3 Å². The fraction of sp³-hybridized carbons (Fsp3) is 0.583. The van der Waals surface area contributed by atoms with Crippen LogP contribution in [0.15, 0.2) is 12.1 Å². The van der Waals surface area contributed by atoms with Crippen LogP contribution in [-0.2, 0) is 11.2 Å². The van der Waals surface area contributed by atoms with Crippen LogP contribution in [-0.4, -0.2) is 5.78 Å². The van der Waals surface area contributed by atoms with Crippen LogP contribution in [0.4, 0.5) is 0 Å². The Labute approximate surface area is 89.1 Å². The van der Waals surface area contributed by atoms with Crippen LogP contribution in [0.25, 0.3) is 0 Å². The van der Waals surface area contributed by atoms with Gasteiger partial charge in [-0.3, -0.25) is 4.79 Å². The molecule has 14 heavy (non-hydrogen) atoms. The van der Waals surface area contributed by atoms with E-state index in [2.05, 4.69) is 19.1 Å². The highest BCUT2D eigenvalue weighted by Gasteiger charge is 2.22. The van der Waals surface area contributed by atoms with Gasteiger partial charge in [-0.25, -0.2) is 0 Å². The first kappa shape index (κ1) is 9.91. The predicted molar refractivity (Wildman–Crippen MR) is 59.7 cm³/mol. The number of rotatable bonds is 2. The molecule has 1 atom stereocenters. The van der Waals surface area contributed by atoms with E-state index in [1.165, 1.54) is 16.2 Å². The van der Waals surface area contributed by atoms with E-state index in [-0.39, 0.29) is 0 Å². The lowest BCUT2D eigenvalue weighted by atomic mass is 9.85. The van der Waals surface area contributed by atoms with Crippen LogP contribution in [0.2, 0.25) is 0 Å². The maximum absolute atomic E-state index is 11.6. The molecule has 1 aliphatic rings. The first-order valence-electron chi connectivity index (χ1n) is 5.34. The van der Waals surface area contributed by atoms with Crippen LogP contribution in [0.3, 0.4) is 0 Å². The molecule has 1 heterocycles. The van der Waals surface area contributed by atoms with Gasteiger partial charge in [0.25, 0.3) is 0 Å². The second kappa shape index (κ2) is 4.26. The minimum absolute atomic E-state index is 0.321. The molecule has 1 nitrogen and oxygen atoms in total. The van der Waals surface area contributed by atoms with Gasteiger partial charge in [0.05, 0.1) is 0 Å². The highest BCUT2D eigenvalue weighted by Crippen LogP contribution is 2.26. The van der Waals surface area contributed by atoms with Crippen molar-refractivity contribution in [2.75, 3.05) is 0 Å². The molecule has 2 heteroatoms. The van der Waals surface area contributed by atoms with Gasteiger partial charge >= 0.3 is 0 Å². The number of ketones is 1. The molecular weight excluding hydrogens is 192 g/mol. The summed E-state index contributed by atoms with van der Waals surface area (Å²) in [6.07, 6.45) is 5.25. The van der Waals surface area contributed by atoms with Crippen LogP contribution < -0.4 is 0 Å². The van der Waals surface area contributed by atoms with Crippen molar-refractivity contribution in [3.63, 3.8) is 0 Å². The molecule has 1 aromatic rings. The van der Waals surface area contributed by atoms with Crippen molar-refractivity contribution in [2.45, 2.75) is 39.0 Å². The molecular formula is C12H16OS. The SMILES string of the molecule is Cc1ccc(CC2CCCCC2=O)s1. The van der Waals surface area contributed by atoms with Gasteiger partial charge in [0, 0.05) is 22.1 Å². The third kappa shape index (κ3) is 2.24. The van der Waals surface area contributed by atoms with Crippen molar-refractivity contribution in [1.82, 2.24) is 0 Å². The molecule has 1 aromatic heterocycles. The number of hydrogen-bond donors (Lipinski definition) is 0. The minimum Gasteiger partial charge on any atom is -0.299 e. The summed E-state index contributed by atoms with van der Waals surface area (Å²) in [6.45, 7) is 2.12. The Kier molecular flexibility index (Phi) is 3.02. The lowest BCUT2D eigenvalue weighted by molar-refractivity contribution is -0.124. The van der Waals surface area contributed by atoms with Gasteiger partial charge < -0.3 is 0 Å². The Morgan fingerprint density at radius 2 is 2.29 bits per heavy atom. The van der Waals surface area contributed by atoms with Crippen LogP contribution in [0.5, 0.6) is 0 Å². The highest BCUT2D eigenvalue weighted by molar-refractivity contribution is 7.11. The van der Waals surface area contributed by atoms with Crippen LogP contribution in [0, 0.1) is 12.8 Å². The topological polar surface area (TPSA) is 17.1 Å². The summed E-state index contributed by atoms with van der Waals surface area (Å²) < 4.78 is 0. The predicted octanol–water partition coefficient (Wildman–Crippen LogP) is 3.36. The number of thiophene rings is 1. The van der Waals surface area contributed by atoms with Crippen molar-refractivity contribution in [3.05, 3.63) is 21.9 Å². The van der Waals surface area contributed by atoms with Gasteiger partial charge in [0.2, 0.25) is 0 Å². The maximum Gasteiger partial charge on any atom is 0.136 e. The largest absolute Gasteiger partial charge is 0.299 e. The number of carbonyl (C=O) groups is 1. The van der Waals surface area contributed by atoms with Crippen LogP contribution >= 0.6 is 11.3 Å². The molecule has 0 spiro atoms. The lowest BCUT2D eigenvalue weighted by Gasteiger charge is -2.19. The number of hydrogen-bond acceptors (Lipinski definition) is 2. The van der Waals surface area contributed by atoms with Crippen molar-refractivity contribution < 1.29 is 4.79 Å². The second-order valence-electron chi connectivity index (χ2n) is 4.13. The quantitative estimate of drug-likeness (QED) is 0.728. The van der Waals surface area contributed by atoms with Gasteiger partial charge in [-0.1, -0.05) is 6.42 Å². The monoisotopic (exact) mass is 208 g/mol. The van der Waals surface area contributed by atoms with Crippen LogP contribution in [0.1, 0.15) is 35.4 Å². The first-order chi connectivity index (χ1) is 6.75. The number of aryl methyl sites for hydroxylation is 1. The average Bonchev–Trinajstić information content (AvgIpc) is 2.56. The van der Waals surface area contributed by atoms with Crippen molar-refractivity contribution in [3.8, 4) is 0 Å². The maximum atomic E-state index is 11.6. The first-order valence-corrected chi connectivity index (χ1v) is 6.15. The molecule has 1 unspecified atom stereocenters. The van der Waals surface area contributed by atoms with Gasteiger partial charge in [0.15, 0.2) is 0 Å². The van der Waals surface area contributed by atoms with Gasteiger partial charge in [-0.15, -0.1) is 11.3 Å². The fourth-order valence-electron chi connectivity index (χ4n) is 2.11. The minimum atomic E-state index is 0.321.